The minimum absolute atomic E-state index is 0.239. The number of ether oxygens (including phenoxy) is 2. The fourth-order valence-electron chi connectivity index (χ4n) is 3.91. The highest BCUT2D eigenvalue weighted by atomic mass is 19.2. The Morgan fingerprint density at radius 2 is 2.03 bits per heavy atom. The molecule has 0 saturated heterocycles. The van der Waals surface area contributed by atoms with Crippen LogP contribution in [0.4, 0.5) is 8.63 Å². The molecule has 1 aromatic heterocycles. The number of rotatable bonds is 6. The van der Waals surface area contributed by atoms with E-state index in [2.05, 4.69) is 0 Å². The first-order valence-corrected chi connectivity index (χ1v) is 9.75. The van der Waals surface area contributed by atoms with Gasteiger partial charge < -0.3 is 19.7 Å². The highest BCUT2D eigenvalue weighted by Crippen LogP contribution is 2.33. The fraction of sp³-hybridized carbons (Fsp3) is 0.227. The van der Waals surface area contributed by atoms with Gasteiger partial charge in [-0.05, 0) is 62.0 Å². The molecule has 30 heavy (non-hydrogen) atoms. The number of fused-ring (bicyclic) bond motifs is 1. The maximum absolute atomic E-state index is 13.5. The highest BCUT2D eigenvalue weighted by Gasteiger charge is 2.30. The zero-order valence-electron chi connectivity index (χ0n) is 16.9. The van der Waals surface area contributed by atoms with Crippen molar-refractivity contribution in [1.29, 1.82) is 0 Å². The molecule has 0 amide bonds. The molecule has 5 nitrogen and oxygen atoms in total. The Kier molecular flexibility index (Phi) is 5.59. The first kappa shape index (κ1) is 20.2. The molecule has 2 N–H and O–H groups in total. The molecule has 1 aromatic carbocycles. The number of nitrogens with two attached hydrogens (primary N) is 1. The average Bonchev–Trinajstić information content (AvgIpc) is 3.44. The maximum atomic E-state index is 13.5. The standard InChI is InChI=1S/C22H23BF2N3O2/c1-15-12-17(7-5-16-6-8-20-21(13-16)30-14-29-20)27(2)22(15)18(9-10-26)19-4-3-11-28(19)23(24)25/h3-8,11-13H,9-10,14,26H2,1-2H3/q+1/b7-5+. The molecule has 0 aliphatic carbocycles. The van der Waals surface area contributed by atoms with E-state index in [-0.39, 0.29) is 6.79 Å². The Bertz CT molecular complexity index is 1100. The minimum Gasteiger partial charge on any atom is -0.454 e. The largest absolute Gasteiger partial charge is 0.677 e. The molecule has 2 aliphatic heterocycles. The number of hydrogen-bond donors (Lipinski definition) is 1. The second-order valence-electron chi connectivity index (χ2n) is 7.20. The Morgan fingerprint density at radius 3 is 2.80 bits per heavy atom. The molecule has 2 aliphatic rings. The third kappa shape index (κ3) is 3.70. The average molecular weight is 410 g/mol. The number of benzene rings is 1. The van der Waals surface area contributed by atoms with Crippen LogP contribution in [0, 0.1) is 0 Å². The van der Waals surface area contributed by atoms with Gasteiger partial charge in [0.25, 0.3) is 0 Å². The minimum atomic E-state index is -2.60. The van der Waals surface area contributed by atoms with Crippen LogP contribution in [0.1, 0.15) is 24.6 Å². The molecule has 0 saturated carbocycles. The number of hydrogen-bond acceptors (Lipinski definition) is 3. The predicted molar refractivity (Wildman–Crippen MR) is 115 cm³/mol. The number of halogens is 2. The highest BCUT2D eigenvalue weighted by molar-refractivity contribution is 6.41. The van der Waals surface area contributed by atoms with E-state index in [0.717, 1.165) is 44.1 Å². The van der Waals surface area contributed by atoms with E-state index >= 15 is 0 Å². The lowest BCUT2D eigenvalue weighted by Crippen LogP contribution is -2.18. The van der Waals surface area contributed by atoms with Gasteiger partial charge in [-0.2, -0.15) is 4.58 Å². The van der Waals surface area contributed by atoms with Crippen LogP contribution in [-0.2, 0) is 0 Å². The molecule has 3 heterocycles. The van der Waals surface area contributed by atoms with Gasteiger partial charge >= 0.3 is 7.40 Å². The van der Waals surface area contributed by atoms with Gasteiger partial charge in [-0.3, -0.25) is 8.63 Å². The van der Waals surface area contributed by atoms with Gasteiger partial charge in [-0.15, -0.1) is 0 Å². The zero-order chi connectivity index (χ0) is 21.3. The maximum Gasteiger partial charge on any atom is 0.677 e. The summed E-state index contributed by atoms with van der Waals surface area (Å²) < 4.78 is 40.7. The Balaban J connectivity index is 1.72. The van der Waals surface area contributed by atoms with Crippen LogP contribution >= 0.6 is 0 Å². The summed E-state index contributed by atoms with van der Waals surface area (Å²) in [6.07, 6.45) is 7.94. The topological polar surface area (TPSA) is 52.4 Å². The van der Waals surface area contributed by atoms with Crippen molar-refractivity contribution in [2.45, 2.75) is 13.3 Å². The molecule has 2 aromatic rings. The first-order chi connectivity index (χ1) is 14.5. The number of likely N-dealkylation sites (N-methyl/N-ethyl adjacent to an activating group) is 1. The zero-order valence-corrected chi connectivity index (χ0v) is 16.9. The van der Waals surface area contributed by atoms with Crippen LogP contribution in [0.5, 0.6) is 11.5 Å². The molecule has 0 fully saturated rings. The Hall–Kier alpha value is -3.13. The van der Waals surface area contributed by atoms with Gasteiger partial charge in [0.15, 0.2) is 11.5 Å². The van der Waals surface area contributed by atoms with Crippen LogP contribution in [0.2, 0.25) is 0 Å². The normalized spacial score (nSPS) is 17.2. The molecule has 0 bridgehead atoms. The van der Waals surface area contributed by atoms with Gasteiger partial charge in [-0.1, -0.05) is 6.07 Å². The lowest BCUT2D eigenvalue weighted by atomic mass is 10.0. The fourth-order valence-corrected chi connectivity index (χ4v) is 3.91. The van der Waals surface area contributed by atoms with Crippen LogP contribution in [0.3, 0.4) is 0 Å². The lowest BCUT2D eigenvalue weighted by molar-refractivity contribution is -0.433. The van der Waals surface area contributed by atoms with Crippen molar-refractivity contribution in [3.05, 3.63) is 71.2 Å². The summed E-state index contributed by atoms with van der Waals surface area (Å²) in [6.45, 7) is 2.60. The summed E-state index contributed by atoms with van der Waals surface area (Å²) in [5, 5.41) is 0. The molecular formula is C22H23BF2N3O2+. The van der Waals surface area contributed by atoms with E-state index in [1.807, 2.05) is 55.0 Å². The summed E-state index contributed by atoms with van der Waals surface area (Å²) in [5.41, 5.74) is 11.0. The van der Waals surface area contributed by atoms with Gasteiger partial charge in [0.2, 0.25) is 18.2 Å². The summed E-state index contributed by atoms with van der Waals surface area (Å²) in [7, 11) is -0.665. The molecule has 0 atom stereocenters. The number of allylic oxidation sites excluding steroid dienone is 3. The number of aromatic nitrogens is 1. The summed E-state index contributed by atoms with van der Waals surface area (Å²) in [5.74, 6) is 1.47. The van der Waals surface area contributed by atoms with Crippen molar-refractivity contribution in [1.82, 2.24) is 4.48 Å². The molecule has 0 radical (unpaired) electrons. The van der Waals surface area contributed by atoms with Crippen LogP contribution in [0.15, 0.2) is 60.0 Å². The first-order valence-electron chi connectivity index (χ1n) is 9.75. The van der Waals surface area contributed by atoms with Crippen LogP contribution in [0.25, 0.3) is 11.6 Å². The molecule has 154 valence electrons. The Morgan fingerprint density at radius 1 is 1.23 bits per heavy atom. The summed E-state index contributed by atoms with van der Waals surface area (Å²) in [6, 6.07) is 9.12. The van der Waals surface area contributed by atoms with Crippen molar-refractivity contribution in [2.24, 2.45) is 5.73 Å². The van der Waals surface area contributed by atoms with E-state index in [4.69, 9.17) is 15.2 Å². The van der Waals surface area contributed by atoms with Crippen LogP contribution in [-0.4, -0.2) is 42.6 Å². The smallest absolute Gasteiger partial charge is 0.454 e. The lowest BCUT2D eigenvalue weighted by Gasteiger charge is -2.12. The van der Waals surface area contributed by atoms with Crippen molar-refractivity contribution in [3.8, 4) is 11.5 Å². The van der Waals surface area contributed by atoms with Crippen LogP contribution < -0.4 is 15.2 Å². The van der Waals surface area contributed by atoms with Crippen molar-refractivity contribution >= 4 is 24.8 Å². The van der Waals surface area contributed by atoms with Gasteiger partial charge in [0.05, 0.1) is 0 Å². The summed E-state index contributed by atoms with van der Waals surface area (Å²) in [4.78, 5) is 0. The van der Waals surface area contributed by atoms with E-state index in [1.54, 1.807) is 12.1 Å². The van der Waals surface area contributed by atoms with Crippen molar-refractivity contribution in [2.75, 3.05) is 20.4 Å². The third-order valence-electron chi connectivity index (χ3n) is 5.28. The van der Waals surface area contributed by atoms with E-state index in [9.17, 15) is 8.63 Å². The predicted octanol–water partition coefficient (Wildman–Crippen LogP) is 3.81. The SMILES string of the molecule is CC1=CC(/C=C/c2ccc3c(c2)OCO3)=[N+](C)C/1=C(/CCN)c1cccn1B(F)F. The third-order valence-corrected chi connectivity index (χ3v) is 5.28. The molecule has 0 spiro atoms. The van der Waals surface area contributed by atoms with Crippen molar-refractivity contribution in [3.63, 3.8) is 0 Å². The van der Waals surface area contributed by atoms with Crippen molar-refractivity contribution < 1.29 is 22.7 Å². The molecule has 4 rings (SSSR count). The van der Waals surface area contributed by atoms with E-state index in [1.165, 1.54) is 6.20 Å². The van der Waals surface area contributed by atoms with E-state index < -0.39 is 7.40 Å². The monoisotopic (exact) mass is 410 g/mol. The molecule has 8 heteroatoms. The van der Waals surface area contributed by atoms with Gasteiger partial charge in [0, 0.05) is 29.0 Å². The second-order valence-corrected chi connectivity index (χ2v) is 7.20. The number of nitrogens with zero attached hydrogens (tertiary/aromatic N) is 2. The molecular weight excluding hydrogens is 387 g/mol. The molecule has 0 unspecified atom stereocenters. The quantitative estimate of drug-likeness (QED) is 0.582. The van der Waals surface area contributed by atoms with E-state index in [0.29, 0.717) is 18.7 Å². The van der Waals surface area contributed by atoms with Gasteiger partial charge in [-0.25, -0.2) is 0 Å². The Labute approximate surface area is 174 Å². The summed E-state index contributed by atoms with van der Waals surface area (Å²) >= 11 is 0. The van der Waals surface area contributed by atoms with Gasteiger partial charge in [0.1, 0.15) is 7.05 Å². The second kappa shape index (κ2) is 8.32.